The summed E-state index contributed by atoms with van der Waals surface area (Å²) < 4.78 is 10.7. The zero-order chi connectivity index (χ0) is 17.3. The molecule has 5 nitrogen and oxygen atoms in total. The van der Waals surface area contributed by atoms with Gasteiger partial charge in [-0.1, -0.05) is 13.3 Å². The fourth-order valence-electron chi connectivity index (χ4n) is 3.14. The molecule has 1 amide bonds. The largest absolute Gasteiger partial charge is 0.493 e. The van der Waals surface area contributed by atoms with Crippen LogP contribution in [-0.4, -0.2) is 25.9 Å². The molecule has 0 aliphatic heterocycles. The molecule has 5 heteroatoms. The Bertz CT molecular complexity index is 716. The molecule has 0 atom stereocenters. The highest BCUT2D eigenvalue weighted by Gasteiger charge is 2.40. The van der Waals surface area contributed by atoms with E-state index in [-0.39, 0.29) is 11.7 Å². The molecular formula is C19H23NO4. The summed E-state index contributed by atoms with van der Waals surface area (Å²) in [6.07, 6.45) is 4.30. The van der Waals surface area contributed by atoms with Crippen LogP contribution in [0.25, 0.3) is 5.57 Å². The Morgan fingerprint density at radius 3 is 2.33 bits per heavy atom. The van der Waals surface area contributed by atoms with Crippen molar-refractivity contribution < 1.29 is 19.1 Å². The molecule has 1 saturated carbocycles. The quantitative estimate of drug-likeness (QED) is 0.833. The van der Waals surface area contributed by atoms with Crippen LogP contribution in [0.4, 0.5) is 0 Å². The van der Waals surface area contributed by atoms with Crippen molar-refractivity contribution in [3.63, 3.8) is 0 Å². The van der Waals surface area contributed by atoms with E-state index < -0.39 is 0 Å². The van der Waals surface area contributed by atoms with Gasteiger partial charge < -0.3 is 14.8 Å². The van der Waals surface area contributed by atoms with Crippen molar-refractivity contribution in [2.75, 3.05) is 14.2 Å². The lowest BCUT2D eigenvalue weighted by Gasteiger charge is -2.11. The number of benzene rings is 1. The van der Waals surface area contributed by atoms with E-state index in [2.05, 4.69) is 5.32 Å². The molecule has 1 aromatic rings. The Kier molecular flexibility index (Phi) is 4.60. The molecule has 0 radical (unpaired) electrons. The molecule has 1 fully saturated rings. The Balaban J connectivity index is 1.99. The molecule has 0 spiro atoms. The van der Waals surface area contributed by atoms with Crippen LogP contribution >= 0.6 is 0 Å². The predicted molar refractivity (Wildman–Crippen MR) is 91.2 cm³/mol. The van der Waals surface area contributed by atoms with E-state index >= 15 is 0 Å². The third-order valence-corrected chi connectivity index (χ3v) is 4.56. The first-order valence-electron chi connectivity index (χ1n) is 8.45. The Labute approximate surface area is 142 Å². The van der Waals surface area contributed by atoms with Gasteiger partial charge in [-0.25, -0.2) is 0 Å². The molecule has 3 rings (SSSR count). The van der Waals surface area contributed by atoms with E-state index in [1.54, 1.807) is 20.3 Å². The number of carbonyl (C=O) groups is 2. The highest BCUT2D eigenvalue weighted by atomic mass is 16.5. The first kappa shape index (κ1) is 16.6. The summed E-state index contributed by atoms with van der Waals surface area (Å²) in [7, 11) is 3.13. The van der Waals surface area contributed by atoms with Gasteiger partial charge in [0.1, 0.15) is 0 Å². The molecule has 1 N–H and O–H groups in total. The lowest BCUT2D eigenvalue weighted by Crippen LogP contribution is -2.26. The number of Topliss-reactive ketones (excluding diaryl/α,β-unsaturated/α-hetero) is 1. The van der Waals surface area contributed by atoms with Crippen molar-refractivity contribution in [2.45, 2.75) is 39.0 Å². The third kappa shape index (κ3) is 2.90. The Hall–Kier alpha value is -2.30. The van der Waals surface area contributed by atoms with Gasteiger partial charge in [0.05, 0.1) is 19.9 Å². The predicted octanol–water partition coefficient (Wildman–Crippen LogP) is 3.33. The van der Waals surface area contributed by atoms with Gasteiger partial charge in [-0.05, 0) is 48.4 Å². The summed E-state index contributed by atoms with van der Waals surface area (Å²) in [5.74, 6) is 1.25. The first-order valence-corrected chi connectivity index (χ1v) is 8.45. The zero-order valence-electron chi connectivity index (χ0n) is 14.4. The fourth-order valence-corrected chi connectivity index (χ4v) is 3.14. The van der Waals surface area contributed by atoms with Crippen molar-refractivity contribution in [1.82, 2.24) is 5.32 Å². The number of amides is 1. The number of rotatable bonds is 7. The lowest BCUT2D eigenvalue weighted by molar-refractivity contribution is -0.120. The summed E-state index contributed by atoms with van der Waals surface area (Å²) in [4.78, 5) is 25.0. The zero-order valence-corrected chi connectivity index (χ0v) is 14.4. The van der Waals surface area contributed by atoms with E-state index in [1.165, 1.54) is 0 Å². The first-order chi connectivity index (χ1) is 11.6. The number of methoxy groups -OCH3 is 2. The standard InChI is InChI=1S/C19H23NO4/c1-4-5-6-16(21)20-18-17(11-7-8-11)12-9-14(23-2)15(24-3)10-13(12)19(18)22/h9-11H,4-8H2,1-3H3,(H,20,21,22). The number of ether oxygens (including phenoxy) is 2. The number of hydrogen-bond donors (Lipinski definition) is 1. The van der Waals surface area contributed by atoms with E-state index in [9.17, 15) is 9.59 Å². The highest BCUT2D eigenvalue weighted by Crippen LogP contribution is 2.49. The van der Waals surface area contributed by atoms with Gasteiger partial charge >= 0.3 is 0 Å². The summed E-state index contributed by atoms with van der Waals surface area (Å²) >= 11 is 0. The highest BCUT2D eigenvalue weighted by molar-refractivity contribution is 6.22. The number of allylic oxidation sites excluding steroid dienone is 2. The smallest absolute Gasteiger partial charge is 0.224 e. The minimum atomic E-state index is -0.127. The van der Waals surface area contributed by atoms with Gasteiger partial charge in [-0.3, -0.25) is 9.59 Å². The van der Waals surface area contributed by atoms with Crippen molar-refractivity contribution in [2.24, 2.45) is 5.92 Å². The van der Waals surface area contributed by atoms with Crippen molar-refractivity contribution in [3.8, 4) is 11.5 Å². The van der Waals surface area contributed by atoms with Crippen LogP contribution in [0.5, 0.6) is 11.5 Å². The van der Waals surface area contributed by atoms with Gasteiger partial charge in [-0.2, -0.15) is 0 Å². The minimum Gasteiger partial charge on any atom is -0.493 e. The van der Waals surface area contributed by atoms with Crippen LogP contribution in [0, 0.1) is 5.92 Å². The van der Waals surface area contributed by atoms with Gasteiger partial charge in [0.25, 0.3) is 0 Å². The molecule has 2 aliphatic carbocycles. The molecule has 0 unspecified atom stereocenters. The minimum absolute atomic E-state index is 0.0925. The summed E-state index contributed by atoms with van der Waals surface area (Å²) in [6.45, 7) is 2.04. The summed E-state index contributed by atoms with van der Waals surface area (Å²) in [5, 5.41) is 2.87. The normalized spacial score (nSPS) is 16.2. The van der Waals surface area contributed by atoms with Crippen molar-refractivity contribution in [3.05, 3.63) is 29.0 Å². The molecule has 2 aliphatic rings. The van der Waals surface area contributed by atoms with Gasteiger partial charge in [-0.15, -0.1) is 0 Å². The molecule has 0 saturated heterocycles. The van der Waals surface area contributed by atoms with E-state index in [0.29, 0.717) is 35.1 Å². The molecular weight excluding hydrogens is 306 g/mol. The fraction of sp³-hybridized carbons (Fsp3) is 0.474. The van der Waals surface area contributed by atoms with E-state index in [4.69, 9.17) is 9.47 Å². The Morgan fingerprint density at radius 1 is 1.17 bits per heavy atom. The average Bonchev–Trinajstić information content (AvgIpc) is 3.39. The lowest BCUT2D eigenvalue weighted by atomic mass is 10.0. The summed E-state index contributed by atoms with van der Waals surface area (Å²) in [6, 6.07) is 3.56. The van der Waals surface area contributed by atoms with E-state index in [1.807, 2.05) is 13.0 Å². The van der Waals surface area contributed by atoms with Gasteiger partial charge in [0, 0.05) is 12.0 Å². The van der Waals surface area contributed by atoms with E-state index in [0.717, 1.165) is 36.8 Å². The molecule has 0 heterocycles. The number of hydrogen-bond acceptors (Lipinski definition) is 4. The van der Waals surface area contributed by atoms with Crippen LogP contribution in [-0.2, 0) is 4.79 Å². The maximum Gasteiger partial charge on any atom is 0.224 e. The maximum atomic E-state index is 12.8. The monoisotopic (exact) mass is 329 g/mol. The van der Waals surface area contributed by atoms with Crippen molar-refractivity contribution in [1.29, 1.82) is 0 Å². The average molecular weight is 329 g/mol. The topological polar surface area (TPSA) is 64.6 Å². The van der Waals surface area contributed by atoms with Crippen LogP contribution in [0.3, 0.4) is 0 Å². The molecule has 24 heavy (non-hydrogen) atoms. The molecule has 0 bridgehead atoms. The molecule has 0 aromatic heterocycles. The third-order valence-electron chi connectivity index (χ3n) is 4.56. The number of unbranched alkanes of at least 4 members (excludes halogenated alkanes) is 1. The number of fused-ring (bicyclic) bond motifs is 1. The SMILES string of the molecule is CCCCC(=O)NC1=C(C2CC2)c2cc(OC)c(OC)cc2C1=O. The van der Waals surface area contributed by atoms with Crippen LogP contribution in [0.1, 0.15) is 54.9 Å². The Morgan fingerprint density at radius 2 is 1.79 bits per heavy atom. The number of carbonyl (C=O) groups excluding carboxylic acids is 2. The second kappa shape index (κ2) is 6.67. The second-order valence-electron chi connectivity index (χ2n) is 6.30. The van der Waals surface area contributed by atoms with Gasteiger partial charge in [0.15, 0.2) is 11.5 Å². The second-order valence-corrected chi connectivity index (χ2v) is 6.30. The molecule has 1 aromatic carbocycles. The maximum absolute atomic E-state index is 12.8. The van der Waals surface area contributed by atoms with Crippen LogP contribution < -0.4 is 14.8 Å². The van der Waals surface area contributed by atoms with Crippen LogP contribution in [0.15, 0.2) is 17.8 Å². The molecule has 128 valence electrons. The van der Waals surface area contributed by atoms with Gasteiger partial charge in [0.2, 0.25) is 11.7 Å². The number of ketones is 1. The summed E-state index contributed by atoms with van der Waals surface area (Å²) in [5.41, 5.74) is 2.86. The van der Waals surface area contributed by atoms with Crippen LogP contribution in [0.2, 0.25) is 0 Å². The van der Waals surface area contributed by atoms with Crippen molar-refractivity contribution >= 4 is 17.3 Å². The number of nitrogens with one attached hydrogen (secondary N) is 1.